The second-order valence-corrected chi connectivity index (χ2v) is 7.17. The van der Waals surface area contributed by atoms with Crippen molar-refractivity contribution in [2.75, 3.05) is 5.32 Å². The number of halogens is 2. The average Bonchev–Trinajstić information content (AvgIpc) is 2.69. The molecule has 6 N–H and O–H groups in total. The number of hydrogen-bond acceptors (Lipinski definition) is 6. The Kier molecular flexibility index (Phi) is 5.64. The van der Waals surface area contributed by atoms with Crippen LogP contribution in [-0.2, 0) is 4.79 Å². The molecular formula is C18H14Br2N4O3. The normalized spacial score (nSPS) is 11.4. The molecule has 1 heterocycles. The molecule has 0 saturated heterocycles. The highest BCUT2D eigenvalue weighted by atomic mass is 79.9. The summed E-state index contributed by atoms with van der Waals surface area (Å²) in [6, 6.07) is 10.6. The van der Waals surface area contributed by atoms with E-state index >= 15 is 0 Å². The molecule has 27 heavy (non-hydrogen) atoms. The third-order valence-electron chi connectivity index (χ3n) is 3.76. The number of phenols is 2. The van der Waals surface area contributed by atoms with Crippen LogP contribution >= 0.6 is 31.9 Å². The molecule has 3 aromatic rings. The van der Waals surface area contributed by atoms with E-state index in [-0.39, 0.29) is 21.7 Å². The number of carbonyl (C=O) groups is 1. The van der Waals surface area contributed by atoms with E-state index in [0.717, 1.165) is 10.9 Å². The number of pyridine rings is 1. The molecule has 0 unspecified atom stereocenters. The number of hydrogen-bond donors (Lipinski definition) is 5. The molecule has 0 atom stereocenters. The monoisotopic (exact) mass is 492 g/mol. The lowest BCUT2D eigenvalue weighted by Crippen LogP contribution is -2.33. The lowest BCUT2D eigenvalue weighted by molar-refractivity contribution is -0.117. The summed E-state index contributed by atoms with van der Waals surface area (Å²) in [7, 11) is 0. The maximum absolute atomic E-state index is 12.2. The predicted octanol–water partition coefficient (Wildman–Crippen LogP) is 3.61. The summed E-state index contributed by atoms with van der Waals surface area (Å²) in [5.41, 5.74) is 3.92. The third-order valence-corrected chi connectivity index (χ3v) is 5.11. The quantitative estimate of drug-likeness (QED) is 0.164. The Hall–Kier alpha value is -2.62. The molecule has 1 amide bonds. The fourth-order valence-electron chi connectivity index (χ4n) is 2.43. The Morgan fingerprint density at radius 2 is 1.93 bits per heavy atom. The number of anilines is 1. The molecule has 1 aromatic heterocycles. The van der Waals surface area contributed by atoms with Gasteiger partial charge in [-0.3, -0.25) is 15.2 Å². The van der Waals surface area contributed by atoms with Crippen molar-refractivity contribution in [2.45, 2.75) is 0 Å². The summed E-state index contributed by atoms with van der Waals surface area (Å²) in [5, 5.41) is 24.0. The van der Waals surface area contributed by atoms with Crippen LogP contribution in [0.1, 0.15) is 5.56 Å². The van der Waals surface area contributed by atoms with Gasteiger partial charge in [0.2, 0.25) is 0 Å². The SMILES string of the molecule is NNC(=O)/C(=C\c1cc(Br)c(O)c(Br)c1O)Nc1ccc2ncccc2c1. The minimum atomic E-state index is -0.582. The third kappa shape index (κ3) is 4.05. The van der Waals surface area contributed by atoms with Crippen LogP contribution in [-0.4, -0.2) is 21.1 Å². The summed E-state index contributed by atoms with van der Waals surface area (Å²) < 4.78 is 0.454. The second-order valence-electron chi connectivity index (χ2n) is 5.53. The number of aromatic nitrogens is 1. The van der Waals surface area contributed by atoms with Gasteiger partial charge in [-0.1, -0.05) is 6.07 Å². The number of rotatable bonds is 4. The van der Waals surface area contributed by atoms with Gasteiger partial charge < -0.3 is 15.5 Å². The first kappa shape index (κ1) is 19.2. The molecule has 0 spiro atoms. The van der Waals surface area contributed by atoms with Crippen molar-refractivity contribution in [1.82, 2.24) is 10.4 Å². The first-order valence-corrected chi connectivity index (χ1v) is 9.23. The topological polar surface area (TPSA) is 120 Å². The minimum Gasteiger partial charge on any atom is -0.506 e. The Bertz CT molecular complexity index is 1070. The number of nitrogens with zero attached hydrogens (tertiary/aromatic N) is 1. The van der Waals surface area contributed by atoms with Gasteiger partial charge in [0, 0.05) is 22.8 Å². The number of benzene rings is 2. The molecule has 0 aliphatic heterocycles. The number of aromatic hydroxyl groups is 2. The number of phenolic OH excluding ortho intramolecular Hbond substituents is 2. The summed E-state index contributed by atoms with van der Waals surface area (Å²) in [5.74, 6) is 4.33. The number of nitrogens with one attached hydrogen (secondary N) is 2. The smallest absolute Gasteiger partial charge is 0.281 e. The summed E-state index contributed by atoms with van der Waals surface area (Å²) in [6.07, 6.45) is 3.12. The van der Waals surface area contributed by atoms with Crippen LogP contribution in [0.25, 0.3) is 17.0 Å². The fourth-order valence-corrected chi connectivity index (χ4v) is 3.58. The molecule has 9 heteroatoms. The van der Waals surface area contributed by atoms with E-state index in [1.54, 1.807) is 12.3 Å². The number of carbonyl (C=O) groups excluding carboxylic acids is 1. The first-order valence-electron chi connectivity index (χ1n) is 7.65. The van der Waals surface area contributed by atoms with E-state index in [1.165, 1.54) is 12.1 Å². The summed E-state index contributed by atoms with van der Waals surface area (Å²) >= 11 is 6.30. The second kappa shape index (κ2) is 7.95. The van der Waals surface area contributed by atoms with Crippen molar-refractivity contribution >= 4 is 60.4 Å². The largest absolute Gasteiger partial charge is 0.506 e. The number of amides is 1. The molecule has 0 radical (unpaired) electrons. The van der Waals surface area contributed by atoms with Gasteiger partial charge in [-0.15, -0.1) is 0 Å². The van der Waals surface area contributed by atoms with E-state index in [4.69, 9.17) is 5.84 Å². The highest BCUT2D eigenvalue weighted by Crippen LogP contribution is 2.42. The number of fused-ring (bicyclic) bond motifs is 1. The Morgan fingerprint density at radius 3 is 2.67 bits per heavy atom. The van der Waals surface area contributed by atoms with Gasteiger partial charge in [0.1, 0.15) is 21.7 Å². The maximum atomic E-state index is 12.2. The van der Waals surface area contributed by atoms with Crippen LogP contribution in [0.2, 0.25) is 0 Å². The van der Waals surface area contributed by atoms with Crippen LogP contribution in [0.3, 0.4) is 0 Å². The predicted molar refractivity (Wildman–Crippen MR) is 111 cm³/mol. The first-order chi connectivity index (χ1) is 12.9. The lowest BCUT2D eigenvalue weighted by Gasteiger charge is -2.12. The van der Waals surface area contributed by atoms with Crippen LogP contribution < -0.4 is 16.6 Å². The van der Waals surface area contributed by atoms with Crippen LogP contribution in [0.4, 0.5) is 5.69 Å². The lowest BCUT2D eigenvalue weighted by atomic mass is 10.1. The zero-order valence-electron chi connectivity index (χ0n) is 13.7. The Balaban J connectivity index is 2.04. The molecule has 0 fully saturated rings. The van der Waals surface area contributed by atoms with E-state index in [2.05, 4.69) is 47.6 Å². The fraction of sp³-hybridized carbons (Fsp3) is 0. The van der Waals surface area contributed by atoms with Crippen molar-refractivity contribution in [3.8, 4) is 11.5 Å². The summed E-state index contributed by atoms with van der Waals surface area (Å²) in [6.45, 7) is 0. The van der Waals surface area contributed by atoms with Crippen LogP contribution in [0.15, 0.2) is 57.2 Å². The summed E-state index contributed by atoms with van der Waals surface area (Å²) in [4.78, 5) is 16.4. The van der Waals surface area contributed by atoms with E-state index < -0.39 is 5.91 Å². The molecule has 3 rings (SSSR count). The van der Waals surface area contributed by atoms with Gasteiger partial charge in [0.05, 0.1) is 9.99 Å². The zero-order chi connectivity index (χ0) is 19.6. The Morgan fingerprint density at radius 1 is 1.15 bits per heavy atom. The van der Waals surface area contributed by atoms with Gasteiger partial charge in [-0.25, -0.2) is 5.84 Å². The zero-order valence-corrected chi connectivity index (χ0v) is 16.9. The van der Waals surface area contributed by atoms with Crippen molar-refractivity contribution in [3.05, 3.63) is 62.8 Å². The van der Waals surface area contributed by atoms with Gasteiger partial charge >= 0.3 is 0 Å². The van der Waals surface area contributed by atoms with Gasteiger partial charge in [-0.2, -0.15) is 0 Å². The highest BCUT2D eigenvalue weighted by molar-refractivity contribution is 9.11. The van der Waals surface area contributed by atoms with E-state index in [9.17, 15) is 15.0 Å². The molecule has 7 nitrogen and oxygen atoms in total. The van der Waals surface area contributed by atoms with Crippen LogP contribution in [0.5, 0.6) is 11.5 Å². The van der Waals surface area contributed by atoms with E-state index in [0.29, 0.717) is 15.7 Å². The molecule has 138 valence electrons. The maximum Gasteiger partial charge on any atom is 0.281 e. The van der Waals surface area contributed by atoms with Gasteiger partial charge in [-0.05, 0) is 68.3 Å². The van der Waals surface area contributed by atoms with Crippen molar-refractivity contribution in [1.29, 1.82) is 0 Å². The molecule has 2 aromatic carbocycles. The average molecular weight is 494 g/mol. The van der Waals surface area contributed by atoms with Crippen molar-refractivity contribution in [3.63, 3.8) is 0 Å². The van der Waals surface area contributed by atoms with Gasteiger partial charge in [0.25, 0.3) is 5.91 Å². The number of nitrogens with two attached hydrogens (primary N) is 1. The van der Waals surface area contributed by atoms with Crippen LogP contribution in [0, 0.1) is 0 Å². The minimum absolute atomic E-state index is 0.0977. The molecule has 0 bridgehead atoms. The molecule has 0 aliphatic carbocycles. The standard InChI is InChI=1S/C18H14Br2N4O3/c19-12-7-10(16(25)15(20)17(12)26)8-14(18(27)24-21)23-11-3-4-13-9(6-11)2-1-5-22-13/h1-8,23,25-26H,21H2,(H,24,27)/b14-8+. The van der Waals surface area contributed by atoms with Crippen molar-refractivity contribution in [2.24, 2.45) is 5.84 Å². The molecule has 0 aliphatic rings. The van der Waals surface area contributed by atoms with E-state index in [1.807, 2.05) is 24.3 Å². The Labute approximate surface area is 171 Å². The molecule has 0 saturated carbocycles. The van der Waals surface area contributed by atoms with Crippen molar-refractivity contribution < 1.29 is 15.0 Å². The highest BCUT2D eigenvalue weighted by Gasteiger charge is 2.16. The molecular weight excluding hydrogens is 480 g/mol. The number of hydrazine groups is 1. The van der Waals surface area contributed by atoms with Gasteiger partial charge in [0.15, 0.2) is 0 Å².